The summed E-state index contributed by atoms with van der Waals surface area (Å²) in [6, 6.07) is 13.4. The zero-order valence-corrected chi connectivity index (χ0v) is 19.3. The molecule has 2 heterocycles. The molecule has 0 bridgehead atoms. The van der Waals surface area contributed by atoms with E-state index in [0.717, 1.165) is 48.5 Å². The highest BCUT2D eigenvalue weighted by molar-refractivity contribution is 5.69. The van der Waals surface area contributed by atoms with Gasteiger partial charge < -0.3 is 14.9 Å². The maximum Gasteiger partial charge on any atom is 0.307 e. The van der Waals surface area contributed by atoms with Crippen molar-refractivity contribution in [2.24, 2.45) is 11.8 Å². The number of rotatable bonds is 9. The molecule has 1 saturated heterocycles. The fourth-order valence-electron chi connectivity index (χ4n) is 5.06. The van der Waals surface area contributed by atoms with Crippen molar-refractivity contribution < 1.29 is 24.1 Å². The molecule has 1 fully saturated rings. The summed E-state index contributed by atoms with van der Waals surface area (Å²) in [4.78, 5) is 16.0. The third kappa shape index (κ3) is 4.84. The molecule has 2 atom stereocenters. The number of hydrogen-bond acceptors (Lipinski definition) is 5. The first kappa shape index (κ1) is 23.5. The first-order chi connectivity index (χ1) is 15.8. The van der Waals surface area contributed by atoms with Gasteiger partial charge in [-0.1, -0.05) is 25.1 Å². The standard InChI is InChI=1S/C26H33FN2O4/c1-18(25(31)32)15-29-10-9-20-13-22(30)5-8-24(20)26(29,2)21-3-6-23(7-4-21)33-12-11-28-16-19(14-27)17-28/h3-8,13,18-19,30H,9-12,14-17H2,1-2H3,(H,31,32)/t18-,26-/m0/s1. The largest absolute Gasteiger partial charge is 0.508 e. The van der Waals surface area contributed by atoms with E-state index in [1.54, 1.807) is 13.0 Å². The SMILES string of the molecule is C[C@@H](CN1CCc2cc(O)ccc2[C@]1(C)c1ccc(OCCN2CC(CF)C2)cc1)C(=O)O. The number of benzene rings is 2. The first-order valence-corrected chi connectivity index (χ1v) is 11.6. The highest BCUT2D eigenvalue weighted by Crippen LogP contribution is 2.42. The summed E-state index contributed by atoms with van der Waals surface area (Å²) in [6.07, 6.45) is 0.757. The molecule has 2 aliphatic heterocycles. The lowest BCUT2D eigenvalue weighted by molar-refractivity contribution is -0.142. The van der Waals surface area contributed by atoms with Crippen LogP contribution in [0.5, 0.6) is 11.5 Å². The van der Waals surface area contributed by atoms with E-state index in [2.05, 4.69) is 16.7 Å². The average Bonchev–Trinajstić information content (AvgIpc) is 2.77. The second kappa shape index (κ2) is 9.69. The van der Waals surface area contributed by atoms with Crippen LogP contribution < -0.4 is 4.74 Å². The molecular weight excluding hydrogens is 423 g/mol. The second-order valence-corrected chi connectivity index (χ2v) is 9.50. The van der Waals surface area contributed by atoms with Gasteiger partial charge in [-0.05, 0) is 54.3 Å². The van der Waals surface area contributed by atoms with Crippen molar-refractivity contribution in [1.29, 1.82) is 0 Å². The molecule has 2 aromatic carbocycles. The summed E-state index contributed by atoms with van der Waals surface area (Å²) in [6.45, 7) is 7.69. The van der Waals surface area contributed by atoms with Crippen LogP contribution in [-0.4, -0.2) is 72.0 Å². The lowest BCUT2D eigenvalue weighted by Gasteiger charge is -2.47. The molecular formula is C26H33FN2O4. The molecule has 2 aromatic rings. The van der Waals surface area contributed by atoms with Crippen LogP contribution in [0.4, 0.5) is 4.39 Å². The molecule has 4 rings (SSSR count). The molecule has 0 aliphatic carbocycles. The van der Waals surface area contributed by atoms with Gasteiger partial charge in [0.15, 0.2) is 0 Å². The number of fused-ring (bicyclic) bond motifs is 1. The van der Waals surface area contributed by atoms with Gasteiger partial charge in [-0.15, -0.1) is 0 Å². The van der Waals surface area contributed by atoms with Gasteiger partial charge in [0.25, 0.3) is 0 Å². The zero-order chi connectivity index (χ0) is 23.6. The number of phenols is 1. The topological polar surface area (TPSA) is 73.2 Å². The van der Waals surface area contributed by atoms with Crippen LogP contribution in [0.15, 0.2) is 42.5 Å². The van der Waals surface area contributed by atoms with Gasteiger partial charge in [-0.25, -0.2) is 0 Å². The van der Waals surface area contributed by atoms with Crippen LogP contribution in [0.2, 0.25) is 0 Å². The molecule has 178 valence electrons. The number of alkyl halides is 1. The van der Waals surface area contributed by atoms with Gasteiger partial charge in [0, 0.05) is 38.6 Å². The molecule has 2 aliphatic rings. The number of phenolic OH excluding ortho intramolecular Hbond substituents is 1. The van der Waals surface area contributed by atoms with Crippen molar-refractivity contribution in [1.82, 2.24) is 9.80 Å². The van der Waals surface area contributed by atoms with Crippen molar-refractivity contribution in [3.05, 3.63) is 59.2 Å². The van der Waals surface area contributed by atoms with Gasteiger partial charge >= 0.3 is 5.97 Å². The lowest BCUT2D eigenvalue weighted by Crippen LogP contribution is -2.51. The van der Waals surface area contributed by atoms with Crippen LogP contribution in [0.1, 0.15) is 30.5 Å². The Bertz CT molecular complexity index is 977. The Morgan fingerprint density at radius 2 is 1.97 bits per heavy atom. The molecule has 0 amide bonds. The van der Waals surface area contributed by atoms with Crippen molar-refractivity contribution in [2.45, 2.75) is 25.8 Å². The Labute approximate surface area is 194 Å². The third-order valence-corrected chi connectivity index (χ3v) is 7.16. The van der Waals surface area contributed by atoms with Gasteiger partial charge in [0.2, 0.25) is 0 Å². The number of aromatic hydroxyl groups is 1. The molecule has 6 nitrogen and oxygen atoms in total. The Morgan fingerprint density at radius 1 is 1.24 bits per heavy atom. The Balaban J connectivity index is 1.52. The van der Waals surface area contributed by atoms with E-state index in [0.29, 0.717) is 19.7 Å². The molecule has 2 N–H and O–H groups in total. The first-order valence-electron chi connectivity index (χ1n) is 11.6. The number of carbonyl (C=O) groups is 1. The summed E-state index contributed by atoms with van der Waals surface area (Å²) in [5, 5.41) is 19.5. The fourth-order valence-corrected chi connectivity index (χ4v) is 5.06. The van der Waals surface area contributed by atoms with Crippen LogP contribution in [0.3, 0.4) is 0 Å². The Morgan fingerprint density at radius 3 is 2.64 bits per heavy atom. The minimum absolute atomic E-state index is 0.178. The minimum atomic E-state index is -0.808. The summed E-state index contributed by atoms with van der Waals surface area (Å²) in [5.74, 6) is -0.108. The average molecular weight is 457 g/mol. The van der Waals surface area contributed by atoms with E-state index in [9.17, 15) is 19.4 Å². The van der Waals surface area contributed by atoms with Crippen molar-refractivity contribution in [3.63, 3.8) is 0 Å². The molecule has 33 heavy (non-hydrogen) atoms. The summed E-state index contributed by atoms with van der Waals surface area (Å²) in [5.41, 5.74) is 2.69. The maximum atomic E-state index is 12.6. The molecule has 0 radical (unpaired) electrons. The second-order valence-electron chi connectivity index (χ2n) is 9.50. The molecule has 0 aromatic heterocycles. The molecule has 0 saturated carbocycles. The smallest absolute Gasteiger partial charge is 0.307 e. The van der Waals surface area contributed by atoms with E-state index >= 15 is 0 Å². The number of carboxylic acids is 1. The number of hydrogen-bond donors (Lipinski definition) is 2. The predicted octanol–water partition coefficient (Wildman–Crippen LogP) is 3.51. The quantitative estimate of drug-likeness (QED) is 0.602. The number of ether oxygens (including phenoxy) is 1. The summed E-state index contributed by atoms with van der Waals surface area (Å²) >= 11 is 0. The normalized spacial score (nSPS) is 22.4. The van der Waals surface area contributed by atoms with Crippen molar-refractivity contribution in [2.75, 3.05) is 46.0 Å². The van der Waals surface area contributed by atoms with Crippen LogP contribution in [-0.2, 0) is 16.8 Å². The number of halogens is 1. The molecule has 7 heteroatoms. The lowest BCUT2D eigenvalue weighted by atomic mass is 9.76. The summed E-state index contributed by atoms with van der Waals surface area (Å²) in [7, 11) is 0. The monoisotopic (exact) mass is 456 g/mol. The number of likely N-dealkylation sites (tertiary alicyclic amines) is 1. The fraction of sp³-hybridized carbons (Fsp3) is 0.500. The van der Waals surface area contributed by atoms with Crippen LogP contribution >= 0.6 is 0 Å². The predicted molar refractivity (Wildman–Crippen MR) is 124 cm³/mol. The molecule has 0 unspecified atom stereocenters. The van der Waals surface area contributed by atoms with Crippen molar-refractivity contribution in [3.8, 4) is 11.5 Å². The number of aliphatic carboxylic acids is 1. The van der Waals surface area contributed by atoms with E-state index in [4.69, 9.17) is 4.74 Å². The van der Waals surface area contributed by atoms with E-state index in [1.165, 1.54) is 0 Å². The van der Waals surface area contributed by atoms with E-state index in [-0.39, 0.29) is 18.3 Å². The van der Waals surface area contributed by atoms with E-state index in [1.807, 2.05) is 36.4 Å². The minimum Gasteiger partial charge on any atom is -0.508 e. The highest BCUT2D eigenvalue weighted by Gasteiger charge is 2.41. The Kier molecular flexibility index (Phi) is 6.91. The zero-order valence-electron chi connectivity index (χ0n) is 19.3. The highest BCUT2D eigenvalue weighted by atomic mass is 19.1. The van der Waals surface area contributed by atoms with Gasteiger partial charge in [-0.2, -0.15) is 0 Å². The molecule has 0 spiro atoms. The van der Waals surface area contributed by atoms with Gasteiger partial charge in [0.05, 0.1) is 18.1 Å². The van der Waals surface area contributed by atoms with Crippen molar-refractivity contribution >= 4 is 5.97 Å². The van der Waals surface area contributed by atoms with Crippen LogP contribution in [0, 0.1) is 11.8 Å². The Hall–Kier alpha value is -2.64. The van der Waals surface area contributed by atoms with Crippen LogP contribution in [0.25, 0.3) is 0 Å². The summed E-state index contributed by atoms with van der Waals surface area (Å²) < 4.78 is 18.5. The van der Waals surface area contributed by atoms with Gasteiger partial charge in [-0.3, -0.25) is 19.0 Å². The van der Waals surface area contributed by atoms with E-state index < -0.39 is 17.4 Å². The maximum absolute atomic E-state index is 12.6. The third-order valence-electron chi connectivity index (χ3n) is 7.16. The number of carboxylic acid groups (broad SMARTS) is 1. The van der Waals surface area contributed by atoms with Gasteiger partial charge in [0.1, 0.15) is 18.1 Å². The number of nitrogens with zero attached hydrogens (tertiary/aromatic N) is 2.